The molecule has 0 heterocycles. The molecule has 0 aromatic heterocycles. The minimum Gasteiger partial charge on any atom is -0.591 e. The van der Waals surface area contributed by atoms with Gasteiger partial charge >= 0.3 is 0 Å². The topological polar surface area (TPSA) is 44.7 Å². The van der Waals surface area contributed by atoms with Gasteiger partial charge in [-0.2, -0.15) is 0 Å². The van der Waals surface area contributed by atoms with E-state index in [-0.39, 0.29) is 4.75 Å². The Kier molecular flexibility index (Phi) is 3.97. The van der Waals surface area contributed by atoms with Crippen LogP contribution < -0.4 is 4.74 Å². The van der Waals surface area contributed by atoms with E-state index in [1.54, 1.807) is 6.21 Å². The minimum atomic E-state index is -1.23. The van der Waals surface area contributed by atoms with Crippen molar-refractivity contribution in [3.05, 3.63) is 29.8 Å². The lowest BCUT2D eigenvalue weighted by Crippen LogP contribution is -2.25. The van der Waals surface area contributed by atoms with Gasteiger partial charge in [-0.25, -0.2) is 0 Å². The van der Waals surface area contributed by atoms with Crippen molar-refractivity contribution in [2.45, 2.75) is 44.5 Å². The SMILES string of the molecule is CC(C)(C)[S@+]([O-])/N=C/c1ccccc1OC1CC1. The summed E-state index contributed by atoms with van der Waals surface area (Å²) in [5.74, 6) is 0.828. The Bertz CT molecular complexity index is 436. The van der Waals surface area contributed by atoms with E-state index in [4.69, 9.17) is 4.74 Å². The minimum absolute atomic E-state index is 0.331. The van der Waals surface area contributed by atoms with Gasteiger partial charge in [0.2, 0.25) is 0 Å². The Morgan fingerprint density at radius 1 is 1.33 bits per heavy atom. The molecule has 1 fully saturated rings. The second-order valence-corrected chi connectivity index (χ2v) is 7.38. The maximum Gasteiger partial charge on any atom is 0.144 e. The average molecular weight is 265 g/mol. The summed E-state index contributed by atoms with van der Waals surface area (Å²) in [6.45, 7) is 5.73. The molecule has 98 valence electrons. The van der Waals surface area contributed by atoms with Gasteiger partial charge in [0.25, 0.3) is 0 Å². The van der Waals surface area contributed by atoms with E-state index in [0.29, 0.717) is 6.10 Å². The van der Waals surface area contributed by atoms with Gasteiger partial charge in [-0.3, -0.25) is 0 Å². The van der Waals surface area contributed by atoms with Crippen molar-refractivity contribution in [1.29, 1.82) is 0 Å². The van der Waals surface area contributed by atoms with Crippen molar-refractivity contribution in [1.82, 2.24) is 0 Å². The van der Waals surface area contributed by atoms with Crippen LogP contribution in [0, 0.1) is 0 Å². The number of para-hydroxylation sites is 1. The van der Waals surface area contributed by atoms with Crippen molar-refractivity contribution >= 4 is 17.6 Å². The molecule has 18 heavy (non-hydrogen) atoms. The lowest BCUT2D eigenvalue weighted by Gasteiger charge is -2.17. The lowest BCUT2D eigenvalue weighted by molar-refractivity contribution is 0.303. The molecule has 0 unspecified atom stereocenters. The molecule has 3 nitrogen and oxygen atoms in total. The summed E-state index contributed by atoms with van der Waals surface area (Å²) in [5.41, 5.74) is 0.891. The number of rotatable bonds is 4. The molecule has 0 bridgehead atoms. The highest BCUT2D eigenvalue weighted by molar-refractivity contribution is 7.91. The molecule has 0 saturated heterocycles. The van der Waals surface area contributed by atoms with Crippen LogP contribution in [0.2, 0.25) is 0 Å². The van der Waals surface area contributed by atoms with Crippen molar-refractivity contribution in [3.63, 3.8) is 0 Å². The van der Waals surface area contributed by atoms with Crippen LogP contribution >= 0.6 is 0 Å². The number of ether oxygens (including phenoxy) is 1. The first kappa shape index (κ1) is 13.4. The van der Waals surface area contributed by atoms with Gasteiger partial charge in [-0.05, 0) is 45.7 Å². The second-order valence-electron chi connectivity index (χ2n) is 5.45. The van der Waals surface area contributed by atoms with Crippen LogP contribution in [0.15, 0.2) is 28.7 Å². The van der Waals surface area contributed by atoms with Crippen LogP contribution in [-0.4, -0.2) is 21.6 Å². The van der Waals surface area contributed by atoms with Crippen LogP contribution in [0.1, 0.15) is 39.2 Å². The summed E-state index contributed by atoms with van der Waals surface area (Å²) < 4.78 is 21.4. The summed E-state index contributed by atoms with van der Waals surface area (Å²) in [5, 5.41) is 0. The fourth-order valence-corrected chi connectivity index (χ4v) is 1.85. The van der Waals surface area contributed by atoms with Crippen molar-refractivity contribution in [3.8, 4) is 5.75 Å². The largest absolute Gasteiger partial charge is 0.591 e. The fourth-order valence-electron chi connectivity index (χ4n) is 1.32. The molecule has 4 heteroatoms. The molecule has 0 spiro atoms. The van der Waals surface area contributed by atoms with E-state index in [0.717, 1.165) is 24.2 Å². The number of hydrogen-bond donors (Lipinski definition) is 0. The zero-order valence-electron chi connectivity index (χ0n) is 11.1. The third-order valence-corrected chi connectivity index (χ3v) is 3.89. The van der Waals surface area contributed by atoms with Crippen LogP contribution in [0.3, 0.4) is 0 Å². The molecular weight excluding hydrogens is 246 g/mol. The van der Waals surface area contributed by atoms with Crippen LogP contribution in [0.25, 0.3) is 0 Å². The van der Waals surface area contributed by atoms with E-state index >= 15 is 0 Å². The second kappa shape index (κ2) is 5.33. The number of hydrogen-bond acceptors (Lipinski definition) is 3. The van der Waals surface area contributed by atoms with Crippen molar-refractivity contribution < 1.29 is 9.29 Å². The van der Waals surface area contributed by atoms with E-state index in [2.05, 4.69) is 4.40 Å². The van der Waals surface area contributed by atoms with Crippen LogP contribution in [0.5, 0.6) is 5.75 Å². The van der Waals surface area contributed by atoms with E-state index in [1.165, 1.54) is 0 Å². The molecule has 0 aliphatic heterocycles. The standard InChI is InChI=1S/C14H19NO2S/c1-14(2,3)18(16)15-10-11-6-4-5-7-13(11)17-12-8-9-12/h4-7,10,12H,8-9H2,1-3H3/b15-10+/t18-/m0/s1. The predicted octanol–water partition coefficient (Wildman–Crippen LogP) is 3.11. The van der Waals surface area contributed by atoms with E-state index in [9.17, 15) is 4.55 Å². The smallest absolute Gasteiger partial charge is 0.144 e. The first-order valence-electron chi connectivity index (χ1n) is 6.18. The van der Waals surface area contributed by atoms with E-state index in [1.807, 2.05) is 45.0 Å². The van der Waals surface area contributed by atoms with Crippen molar-refractivity contribution in [2.75, 3.05) is 0 Å². The van der Waals surface area contributed by atoms with Gasteiger partial charge in [-0.15, -0.1) is 0 Å². The van der Waals surface area contributed by atoms with Gasteiger partial charge in [0.05, 0.1) is 12.3 Å². The Labute approximate surface area is 112 Å². The van der Waals surface area contributed by atoms with Gasteiger partial charge in [0.15, 0.2) is 0 Å². The normalized spacial score (nSPS) is 18.0. The molecule has 0 amide bonds. The molecule has 1 aliphatic rings. The first-order chi connectivity index (χ1) is 8.47. The van der Waals surface area contributed by atoms with Gasteiger partial charge < -0.3 is 9.29 Å². The predicted molar refractivity (Wildman–Crippen MR) is 75.6 cm³/mol. The molecule has 0 radical (unpaired) electrons. The zero-order valence-corrected chi connectivity index (χ0v) is 11.9. The number of benzene rings is 1. The summed E-state index contributed by atoms with van der Waals surface area (Å²) in [4.78, 5) is 0. The Hall–Kier alpha value is -1.00. The fraction of sp³-hybridized carbons (Fsp3) is 0.500. The highest BCUT2D eigenvalue weighted by Gasteiger charge is 2.26. The average Bonchev–Trinajstić information content (AvgIpc) is 3.10. The Morgan fingerprint density at radius 3 is 2.61 bits per heavy atom. The zero-order chi connectivity index (χ0) is 13.2. The quantitative estimate of drug-likeness (QED) is 0.620. The molecule has 1 atom stereocenters. The number of nitrogens with zero attached hydrogens (tertiary/aromatic N) is 1. The molecular formula is C14H19NO2S. The van der Waals surface area contributed by atoms with Gasteiger partial charge in [0.1, 0.15) is 21.9 Å². The first-order valence-corrected chi connectivity index (χ1v) is 7.29. The van der Waals surface area contributed by atoms with Crippen LogP contribution in [0.4, 0.5) is 0 Å². The molecule has 1 aromatic carbocycles. The highest BCUT2D eigenvalue weighted by Crippen LogP contribution is 2.28. The summed E-state index contributed by atoms with van der Waals surface area (Å²) in [6, 6.07) is 7.73. The van der Waals surface area contributed by atoms with Gasteiger partial charge in [0, 0.05) is 5.56 Å². The van der Waals surface area contributed by atoms with Crippen LogP contribution in [-0.2, 0) is 11.4 Å². The third kappa shape index (κ3) is 3.75. The maximum atomic E-state index is 11.9. The molecule has 1 aliphatic carbocycles. The van der Waals surface area contributed by atoms with E-state index < -0.39 is 11.4 Å². The Balaban J connectivity index is 2.10. The Morgan fingerprint density at radius 2 is 2.00 bits per heavy atom. The lowest BCUT2D eigenvalue weighted by atomic mass is 10.2. The summed E-state index contributed by atoms with van der Waals surface area (Å²) >= 11 is -1.23. The summed E-state index contributed by atoms with van der Waals surface area (Å²) in [6.07, 6.45) is 4.25. The third-order valence-electron chi connectivity index (χ3n) is 2.55. The molecule has 1 aromatic rings. The summed E-state index contributed by atoms with van der Waals surface area (Å²) in [7, 11) is 0. The highest BCUT2D eigenvalue weighted by atomic mass is 32.2. The van der Waals surface area contributed by atoms with Gasteiger partial charge in [-0.1, -0.05) is 16.5 Å². The monoisotopic (exact) mass is 265 g/mol. The molecule has 2 rings (SSSR count). The van der Waals surface area contributed by atoms with Crippen molar-refractivity contribution in [2.24, 2.45) is 4.40 Å². The molecule has 0 N–H and O–H groups in total. The molecule has 1 saturated carbocycles. The maximum absolute atomic E-state index is 11.9.